The Labute approximate surface area is 126 Å². The molecule has 6 heteroatoms. The largest absolute Gasteiger partial charge is 0.480 e. The van der Waals surface area contributed by atoms with Gasteiger partial charge in [-0.05, 0) is 36.6 Å². The molecule has 1 aromatic rings. The lowest BCUT2D eigenvalue weighted by atomic mass is 10.2. The zero-order valence-corrected chi connectivity index (χ0v) is 12.1. The lowest BCUT2D eigenvalue weighted by Gasteiger charge is -2.19. The summed E-state index contributed by atoms with van der Waals surface area (Å²) in [5.41, 5.74) is 0.662. The topological polar surface area (TPSA) is 57.6 Å². The molecule has 0 unspecified atom stereocenters. The molecule has 1 amide bonds. The predicted molar refractivity (Wildman–Crippen MR) is 77.9 cm³/mol. The molecular weight excluding hydrogens is 301 g/mol. The first-order chi connectivity index (χ1) is 9.49. The van der Waals surface area contributed by atoms with E-state index in [1.165, 1.54) is 11.0 Å². The van der Waals surface area contributed by atoms with Crippen molar-refractivity contribution < 1.29 is 14.7 Å². The zero-order chi connectivity index (χ0) is 14.7. The molecule has 1 aliphatic heterocycles. The van der Waals surface area contributed by atoms with E-state index in [1.807, 2.05) is 0 Å². The van der Waals surface area contributed by atoms with Crippen molar-refractivity contribution in [2.75, 3.05) is 6.54 Å². The van der Waals surface area contributed by atoms with Crippen molar-refractivity contribution >= 4 is 41.2 Å². The summed E-state index contributed by atoms with van der Waals surface area (Å²) in [5.74, 6) is -1.28. The zero-order valence-electron chi connectivity index (χ0n) is 10.6. The molecule has 0 spiro atoms. The highest BCUT2D eigenvalue weighted by molar-refractivity contribution is 6.35. The number of carbonyl (C=O) groups is 2. The molecule has 20 heavy (non-hydrogen) atoms. The van der Waals surface area contributed by atoms with Gasteiger partial charge in [0.05, 0.1) is 0 Å². The Morgan fingerprint density at radius 2 is 2.10 bits per heavy atom. The van der Waals surface area contributed by atoms with Crippen LogP contribution in [-0.4, -0.2) is 34.5 Å². The van der Waals surface area contributed by atoms with Crippen LogP contribution in [0.5, 0.6) is 0 Å². The number of halogens is 2. The van der Waals surface area contributed by atoms with E-state index in [1.54, 1.807) is 24.3 Å². The summed E-state index contributed by atoms with van der Waals surface area (Å²) in [6, 6.07) is 4.23. The maximum absolute atomic E-state index is 12.0. The number of amides is 1. The van der Waals surface area contributed by atoms with Gasteiger partial charge in [0.15, 0.2) is 0 Å². The van der Waals surface area contributed by atoms with Gasteiger partial charge in [-0.3, -0.25) is 4.79 Å². The Morgan fingerprint density at radius 3 is 2.75 bits per heavy atom. The van der Waals surface area contributed by atoms with Crippen molar-refractivity contribution in [1.82, 2.24) is 4.90 Å². The second kappa shape index (κ2) is 6.29. The lowest BCUT2D eigenvalue weighted by molar-refractivity contribution is -0.146. The van der Waals surface area contributed by atoms with E-state index in [9.17, 15) is 9.59 Å². The maximum atomic E-state index is 12.0. The second-order valence-corrected chi connectivity index (χ2v) is 5.37. The predicted octanol–water partition coefficient (Wildman–Crippen LogP) is 3.08. The molecule has 1 saturated heterocycles. The van der Waals surface area contributed by atoms with E-state index in [-0.39, 0.29) is 5.91 Å². The van der Waals surface area contributed by atoms with E-state index >= 15 is 0 Å². The number of aliphatic carboxylic acids is 1. The number of carbonyl (C=O) groups excluding carboxylic acids is 1. The molecule has 0 saturated carbocycles. The molecule has 0 bridgehead atoms. The minimum atomic E-state index is -0.964. The first-order valence-electron chi connectivity index (χ1n) is 6.15. The van der Waals surface area contributed by atoms with Crippen molar-refractivity contribution in [2.24, 2.45) is 0 Å². The van der Waals surface area contributed by atoms with Crippen LogP contribution in [0.1, 0.15) is 18.4 Å². The summed E-state index contributed by atoms with van der Waals surface area (Å²) in [7, 11) is 0. The smallest absolute Gasteiger partial charge is 0.326 e. The number of carboxylic acid groups (broad SMARTS) is 1. The molecule has 2 rings (SSSR count). The van der Waals surface area contributed by atoms with Gasteiger partial charge < -0.3 is 10.0 Å². The Kier molecular flexibility index (Phi) is 4.68. The third-order valence-corrected chi connectivity index (χ3v) is 3.75. The molecule has 0 aliphatic carbocycles. The summed E-state index contributed by atoms with van der Waals surface area (Å²) < 4.78 is 0. The van der Waals surface area contributed by atoms with Gasteiger partial charge in [-0.15, -0.1) is 0 Å². The number of hydrogen-bond donors (Lipinski definition) is 1. The number of nitrogens with zero attached hydrogens (tertiary/aromatic N) is 1. The highest BCUT2D eigenvalue weighted by Crippen LogP contribution is 2.23. The standard InChI is InChI=1S/C14H13Cl2NO3/c15-10-5-3-9(11(16)8-10)4-6-13(18)17-7-1-2-12(17)14(19)20/h3-6,8,12H,1-2,7H2,(H,19,20)/t12-/m1/s1. The Balaban J connectivity index is 2.11. The number of hydrogen-bond acceptors (Lipinski definition) is 2. The molecule has 1 aromatic carbocycles. The Bertz CT molecular complexity index is 572. The van der Waals surface area contributed by atoms with Gasteiger partial charge in [-0.25, -0.2) is 4.79 Å². The van der Waals surface area contributed by atoms with Crippen molar-refractivity contribution in [2.45, 2.75) is 18.9 Å². The third-order valence-electron chi connectivity index (χ3n) is 3.19. The molecule has 1 aliphatic rings. The van der Waals surface area contributed by atoms with Gasteiger partial charge in [0.1, 0.15) is 6.04 Å². The maximum Gasteiger partial charge on any atom is 0.326 e. The van der Waals surface area contributed by atoms with Crippen molar-refractivity contribution in [3.63, 3.8) is 0 Å². The van der Waals surface area contributed by atoms with Gasteiger partial charge >= 0.3 is 5.97 Å². The molecular formula is C14H13Cl2NO3. The Morgan fingerprint density at radius 1 is 1.35 bits per heavy atom. The SMILES string of the molecule is O=C(O)[C@H]1CCCN1C(=O)C=Cc1ccc(Cl)cc1Cl. The third kappa shape index (κ3) is 3.32. The summed E-state index contributed by atoms with van der Waals surface area (Å²) in [5, 5.41) is 10.00. The summed E-state index contributed by atoms with van der Waals surface area (Å²) in [4.78, 5) is 24.4. The van der Waals surface area contributed by atoms with Crippen LogP contribution in [0.3, 0.4) is 0 Å². The molecule has 1 N–H and O–H groups in total. The van der Waals surface area contributed by atoms with Gasteiger partial charge in [0.25, 0.3) is 0 Å². The van der Waals surface area contributed by atoms with E-state index < -0.39 is 12.0 Å². The van der Waals surface area contributed by atoms with Gasteiger partial charge in [-0.2, -0.15) is 0 Å². The van der Waals surface area contributed by atoms with E-state index in [4.69, 9.17) is 28.3 Å². The van der Waals surface area contributed by atoms with Crippen LogP contribution in [-0.2, 0) is 9.59 Å². The molecule has 0 aromatic heterocycles. The summed E-state index contributed by atoms with van der Waals surface area (Å²) >= 11 is 11.8. The fourth-order valence-corrected chi connectivity index (χ4v) is 2.65. The van der Waals surface area contributed by atoms with E-state index in [2.05, 4.69) is 0 Å². The summed E-state index contributed by atoms with van der Waals surface area (Å²) in [6.07, 6.45) is 4.11. The van der Waals surface area contributed by atoms with Gasteiger partial charge in [0, 0.05) is 22.7 Å². The highest BCUT2D eigenvalue weighted by Gasteiger charge is 2.32. The van der Waals surface area contributed by atoms with Gasteiger partial charge in [-0.1, -0.05) is 29.3 Å². The number of likely N-dealkylation sites (tertiary alicyclic amines) is 1. The lowest BCUT2D eigenvalue weighted by Crippen LogP contribution is -2.39. The van der Waals surface area contributed by atoms with Crippen molar-refractivity contribution in [1.29, 1.82) is 0 Å². The molecule has 4 nitrogen and oxygen atoms in total. The Hall–Kier alpha value is -1.52. The number of rotatable bonds is 3. The monoisotopic (exact) mass is 313 g/mol. The minimum Gasteiger partial charge on any atom is -0.480 e. The molecule has 1 heterocycles. The quantitative estimate of drug-likeness (QED) is 0.872. The van der Waals surface area contributed by atoms with Crippen LogP contribution in [0.2, 0.25) is 10.0 Å². The van der Waals surface area contributed by atoms with Crippen LogP contribution in [0, 0.1) is 0 Å². The van der Waals surface area contributed by atoms with Crippen molar-refractivity contribution in [3.8, 4) is 0 Å². The fourth-order valence-electron chi connectivity index (χ4n) is 2.18. The fraction of sp³-hybridized carbons (Fsp3) is 0.286. The molecule has 106 valence electrons. The number of carboxylic acids is 1. The number of benzene rings is 1. The summed E-state index contributed by atoms with van der Waals surface area (Å²) in [6.45, 7) is 0.467. The molecule has 1 fully saturated rings. The second-order valence-electron chi connectivity index (χ2n) is 4.53. The highest BCUT2D eigenvalue weighted by atomic mass is 35.5. The average Bonchev–Trinajstić information content (AvgIpc) is 2.86. The normalized spacial score (nSPS) is 18.7. The van der Waals surface area contributed by atoms with E-state index in [0.717, 1.165) is 0 Å². The van der Waals surface area contributed by atoms with E-state index in [0.29, 0.717) is 35.0 Å². The molecule has 1 atom stereocenters. The van der Waals surface area contributed by atoms with Crippen LogP contribution >= 0.6 is 23.2 Å². The van der Waals surface area contributed by atoms with Gasteiger partial charge in [0.2, 0.25) is 5.91 Å². The van der Waals surface area contributed by atoms with Crippen LogP contribution in [0.25, 0.3) is 6.08 Å². The first-order valence-corrected chi connectivity index (χ1v) is 6.91. The van der Waals surface area contributed by atoms with Crippen molar-refractivity contribution in [3.05, 3.63) is 39.9 Å². The average molecular weight is 314 g/mol. The van der Waals surface area contributed by atoms with Crippen LogP contribution in [0.4, 0.5) is 0 Å². The minimum absolute atomic E-state index is 0.319. The first kappa shape index (κ1) is 14.9. The molecule has 0 radical (unpaired) electrons. The van der Waals surface area contributed by atoms with Crippen LogP contribution in [0.15, 0.2) is 24.3 Å². The van der Waals surface area contributed by atoms with Crippen LogP contribution < -0.4 is 0 Å².